The van der Waals surface area contributed by atoms with Crippen molar-refractivity contribution in [2.75, 3.05) is 94.8 Å². The molecule has 0 aliphatic rings. The molecule has 5 aromatic carbocycles. The summed E-state index contributed by atoms with van der Waals surface area (Å²) in [6.07, 6.45) is 12.6. The molecule has 3 atom stereocenters. The number of H-pyrrole nitrogens is 2. The number of benzene rings is 5. The van der Waals surface area contributed by atoms with Crippen LogP contribution in [0.4, 0.5) is 17.7 Å². The zero-order chi connectivity index (χ0) is 105. The average molecular weight is 2080 g/mol. The Balaban J connectivity index is 0.0000237. The first-order valence-electron chi connectivity index (χ1n) is 46.6. The summed E-state index contributed by atoms with van der Waals surface area (Å²) >= 11 is 0. The van der Waals surface area contributed by atoms with E-state index in [2.05, 4.69) is 103 Å². The van der Waals surface area contributed by atoms with Gasteiger partial charge in [0, 0.05) is 197 Å². The standard InChI is InChI=1S/C96H120N22O24S3.CH4/c1-59-45-61(3)87(62(4)46-59)143(134,135)115-74(93(130)131)55-108-90(127)71-57-117(76-49-65(17-20-69(76)85(71)124)51-110-95-103-35-36-104-95)39-9-29-97-81(120)25-27-83(122)100-32-12-42-141-41-11-31-99-80(119)24-22-73(113-89(126)68-19-23-79(107-53-68)114-112-54-67-15-7-8-16-78(67)145(138,139)140)92(129)102-34-14-44-142-43-13-33-101-84(123)28-26-82(121)98-30-10-40-118-58-72(86(125)70-21-18-66(50-77(70)118)52-111-96-105-37-38-106-96)91(128)109-56-75(94(132)133)116-144(136,137)88-63(5)47-60(2)48-64(88)6;/h7-8,15-21,23,35-38,45-50,53-54,57-58,73-75,115-116H,9-14,22,24-34,39-44,51-52,55-56H2,1-6H3,(H,97,120)(H,98,121)(H,99,119)(H,100,122)(H,101,123)(H,102,129)(H,107,114)(H,108,127)(H,109,128)(H,113,126)(H,130,131)(H,132,133)(H2,103,104,110)(H2,105,106,111)(H,138,139,140);1H4/b112-54+;/t73?,74-,75-;/m0./s1. The molecule has 46 nitrogen and oxygen atoms in total. The normalized spacial score (nSPS) is 12.1. The number of hydrogen-bond donors (Lipinski definition) is 19. The molecule has 784 valence electrons. The molecule has 0 aliphatic heterocycles. The lowest BCUT2D eigenvalue weighted by Gasteiger charge is -2.19. The lowest BCUT2D eigenvalue weighted by Crippen LogP contribution is -2.49. The van der Waals surface area contributed by atoms with Gasteiger partial charge in [0.2, 0.25) is 66.3 Å². The Hall–Kier alpha value is -15.0. The van der Waals surface area contributed by atoms with Gasteiger partial charge >= 0.3 is 11.9 Å². The molecule has 49 heteroatoms. The van der Waals surface area contributed by atoms with Gasteiger partial charge in [-0.3, -0.25) is 72.3 Å². The van der Waals surface area contributed by atoms with Crippen LogP contribution in [0.3, 0.4) is 0 Å². The third kappa shape index (κ3) is 35.2. The van der Waals surface area contributed by atoms with E-state index in [4.69, 9.17) is 9.47 Å². The van der Waals surface area contributed by atoms with Gasteiger partial charge in [-0.1, -0.05) is 73.2 Å². The van der Waals surface area contributed by atoms with Gasteiger partial charge in [-0.05, 0) is 162 Å². The largest absolute Gasteiger partial charge is 0.480 e. The van der Waals surface area contributed by atoms with Crippen molar-refractivity contribution in [3.8, 4) is 0 Å². The van der Waals surface area contributed by atoms with E-state index < -0.39 is 131 Å². The molecule has 0 radical (unpaired) electrons. The molecule has 5 heterocycles. The molecule has 0 spiro atoms. The summed E-state index contributed by atoms with van der Waals surface area (Å²) in [7, 11) is -13.4. The number of nitrogens with zero attached hydrogens (tertiary/aromatic N) is 6. The molecule has 0 aliphatic carbocycles. The van der Waals surface area contributed by atoms with Gasteiger partial charge in [-0.25, -0.2) is 31.8 Å². The first-order chi connectivity index (χ1) is 69.2. The summed E-state index contributed by atoms with van der Waals surface area (Å²) in [5, 5.41) is 54.8. The van der Waals surface area contributed by atoms with E-state index in [-0.39, 0.29) is 204 Å². The van der Waals surface area contributed by atoms with E-state index >= 15 is 0 Å². The Kier molecular flexibility index (Phi) is 43.7. The number of aryl methyl sites for hydroxylation is 8. The third-order valence-electron chi connectivity index (χ3n) is 22.5. The number of fused-ring (bicyclic) bond motifs is 2. The van der Waals surface area contributed by atoms with Crippen molar-refractivity contribution in [3.05, 3.63) is 228 Å². The fourth-order valence-corrected chi connectivity index (χ4v) is 19.6. The van der Waals surface area contributed by atoms with Crippen molar-refractivity contribution < 1.29 is 102 Å². The number of hydrogen-bond acceptors (Lipinski definition) is 28. The van der Waals surface area contributed by atoms with Crippen molar-refractivity contribution in [2.45, 2.75) is 185 Å². The van der Waals surface area contributed by atoms with Gasteiger partial charge in [-0.15, -0.1) is 0 Å². The Labute approximate surface area is 842 Å². The summed E-state index contributed by atoms with van der Waals surface area (Å²) in [4.78, 5) is 191. The fraction of sp³-hybridized carbons (Fsp3) is 0.392. The summed E-state index contributed by atoms with van der Waals surface area (Å²) in [5.41, 5.74) is 6.16. The number of ether oxygens (including phenoxy) is 2. The Bertz CT molecular complexity index is 6780. The highest BCUT2D eigenvalue weighted by molar-refractivity contribution is 7.90. The summed E-state index contributed by atoms with van der Waals surface area (Å²) < 4.78 is 107. The predicted octanol–water partition coefficient (Wildman–Crippen LogP) is 4.79. The first-order valence-corrected chi connectivity index (χ1v) is 51.0. The van der Waals surface area contributed by atoms with Gasteiger partial charge < -0.3 is 97.3 Å². The molecular weight excluding hydrogens is 1950 g/mol. The number of carboxylic acids is 2. The monoisotopic (exact) mass is 2080 g/mol. The highest BCUT2D eigenvalue weighted by atomic mass is 32.2. The minimum absolute atomic E-state index is 0. The number of carbonyl (C=O) groups is 11. The molecule has 1 unspecified atom stereocenters. The van der Waals surface area contributed by atoms with Crippen LogP contribution in [-0.2, 0) is 104 Å². The molecule has 146 heavy (non-hydrogen) atoms. The van der Waals surface area contributed by atoms with Gasteiger partial charge in [0.1, 0.15) is 40.0 Å². The number of anilines is 3. The zero-order valence-corrected chi connectivity index (χ0v) is 83.2. The van der Waals surface area contributed by atoms with Crippen LogP contribution in [0.1, 0.15) is 166 Å². The Morgan fingerprint density at radius 3 is 1.27 bits per heavy atom. The maximum absolute atomic E-state index is 14.0. The van der Waals surface area contributed by atoms with Crippen LogP contribution in [0.25, 0.3) is 21.8 Å². The van der Waals surface area contributed by atoms with Crippen LogP contribution in [0.5, 0.6) is 0 Å². The fourth-order valence-electron chi connectivity index (χ4n) is 15.6. The van der Waals surface area contributed by atoms with E-state index in [0.29, 0.717) is 77.4 Å². The van der Waals surface area contributed by atoms with Crippen LogP contribution in [-0.4, -0.2) is 242 Å². The van der Waals surface area contributed by atoms with Crippen LogP contribution >= 0.6 is 0 Å². The van der Waals surface area contributed by atoms with Crippen LogP contribution in [0, 0.1) is 41.5 Å². The topological polar surface area (TPSA) is 664 Å². The van der Waals surface area contributed by atoms with Crippen molar-refractivity contribution >= 4 is 141 Å². The quantitative estimate of drug-likeness (QED) is 0.0105. The highest BCUT2D eigenvalue weighted by Crippen LogP contribution is 2.26. The summed E-state index contributed by atoms with van der Waals surface area (Å²) in [5.74, 6) is -7.36. The van der Waals surface area contributed by atoms with Gasteiger partial charge in [-0.2, -0.15) is 23.0 Å². The molecule has 10 rings (SSSR count). The maximum Gasteiger partial charge on any atom is 0.323 e. The number of amides is 9. The summed E-state index contributed by atoms with van der Waals surface area (Å²) in [6, 6.07) is 20.0. The average Bonchev–Trinajstić information content (AvgIpc) is 1.94. The van der Waals surface area contributed by atoms with E-state index in [9.17, 15) is 102 Å². The molecule has 0 bridgehead atoms. The molecular formula is C97H124N22O24S3. The van der Waals surface area contributed by atoms with Crippen molar-refractivity contribution in [3.63, 3.8) is 0 Å². The number of rotatable bonds is 60. The van der Waals surface area contributed by atoms with Gasteiger partial charge in [0.25, 0.3) is 27.8 Å². The minimum atomic E-state index is -4.57. The Morgan fingerprint density at radius 1 is 0.473 bits per heavy atom. The number of carboxylic acid groups (broad SMARTS) is 2. The van der Waals surface area contributed by atoms with E-state index in [1.807, 2.05) is 0 Å². The summed E-state index contributed by atoms with van der Waals surface area (Å²) in [6.45, 7) is 11.2. The highest BCUT2D eigenvalue weighted by Gasteiger charge is 2.33. The molecule has 0 fully saturated rings. The van der Waals surface area contributed by atoms with Crippen molar-refractivity contribution in [1.82, 2.24) is 91.3 Å². The van der Waals surface area contributed by atoms with E-state index in [0.717, 1.165) is 28.5 Å². The second-order valence-electron chi connectivity index (χ2n) is 34.1. The number of nitrogens with one attached hydrogen (secondary N) is 16. The maximum atomic E-state index is 14.0. The second-order valence-corrected chi connectivity index (χ2v) is 38.8. The number of carbonyl (C=O) groups excluding carboxylic acids is 9. The van der Waals surface area contributed by atoms with E-state index in [1.165, 1.54) is 48.9 Å². The minimum Gasteiger partial charge on any atom is -0.480 e. The SMILES string of the molecule is C.Cc1cc(C)c(S(=O)(=O)N[C@@H](CNC(=O)c2cn(CCCNC(=O)CCC(=O)NCCCOCCCNC(=O)CCC(NC(=O)c3ccc(N/N=C/c4ccccc4S(=O)(=O)O)nc3)C(=O)NCCCOCCCNC(=O)CCC(=O)NCCCn3cc(C(=O)NC[C@H](NS(=O)(=O)c4c(C)cc(C)cc4C)C(=O)O)c(=O)c4ccc(CNc5ncc[nH]5)cc43)c3cc(CNc4ncc[nH]4)ccc3c2=O)C(=O)O)c(C)c1. The molecule has 10 aromatic rings. The zero-order valence-electron chi connectivity index (χ0n) is 80.7. The van der Waals surface area contributed by atoms with Crippen molar-refractivity contribution in [2.24, 2.45) is 5.10 Å². The van der Waals surface area contributed by atoms with E-state index in [1.54, 1.807) is 142 Å². The second kappa shape index (κ2) is 55.7. The lowest BCUT2D eigenvalue weighted by molar-refractivity contribution is -0.139. The van der Waals surface area contributed by atoms with Crippen LogP contribution < -0.4 is 84.2 Å². The number of sulfonamides is 2. The number of aromatic amines is 2. The van der Waals surface area contributed by atoms with Crippen LogP contribution in [0.15, 0.2) is 170 Å². The number of hydrazone groups is 1. The number of pyridine rings is 3. The van der Waals surface area contributed by atoms with Crippen molar-refractivity contribution in [1.29, 1.82) is 0 Å². The van der Waals surface area contributed by atoms with Gasteiger partial charge in [0.15, 0.2) is 11.9 Å². The van der Waals surface area contributed by atoms with Crippen LogP contribution in [0.2, 0.25) is 0 Å². The predicted molar refractivity (Wildman–Crippen MR) is 543 cm³/mol. The smallest absolute Gasteiger partial charge is 0.323 e. The first kappa shape index (κ1) is 115. The number of imidazole rings is 2. The lowest BCUT2D eigenvalue weighted by atomic mass is 10.1. The molecule has 0 saturated heterocycles. The molecule has 0 saturated carbocycles. The number of aliphatic carboxylic acids is 2. The molecule has 9 amide bonds. The third-order valence-corrected chi connectivity index (χ3v) is 27.0. The molecule has 19 N–H and O–H groups in total. The Morgan fingerprint density at radius 2 is 0.877 bits per heavy atom. The number of aromatic nitrogens is 7. The molecule has 5 aromatic heterocycles. The van der Waals surface area contributed by atoms with Gasteiger partial charge in [0.05, 0.1) is 32.6 Å².